The van der Waals surface area contributed by atoms with Crippen LogP contribution in [0.4, 0.5) is 9.18 Å². The van der Waals surface area contributed by atoms with Gasteiger partial charge in [-0.3, -0.25) is 0 Å². The quantitative estimate of drug-likeness (QED) is 0.891. The SMILES string of the molecule is CN(C(=O)NCCc1coc(-c2ccc(F)cc2)n1)C1CCCCC1. The van der Waals surface area contributed by atoms with Crippen LogP contribution in [-0.2, 0) is 6.42 Å². The molecule has 1 aromatic carbocycles. The Bertz CT molecular complexity index is 693. The van der Waals surface area contributed by atoms with Crippen LogP contribution < -0.4 is 5.32 Å². The van der Waals surface area contributed by atoms with Gasteiger partial charge in [0.1, 0.15) is 12.1 Å². The van der Waals surface area contributed by atoms with Crippen molar-refractivity contribution in [3.05, 3.63) is 42.0 Å². The maximum absolute atomic E-state index is 13.0. The third-order valence-electron chi connectivity index (χ3n) is 4.74. The number of hydrogen-bond acceptors (Lipinski definition) is 3. The molecule has 0 bridgehead atoms. The van der Waals surface area contributed by atoms with Gasteiger partial charge in [0.25, 0.3) is 0 Å². The van der Waals surface area contributed by atoms with E-state index in [4.69, 9.17) is 4.42 Å². The van der Waals surface area contributed by atoms with Crippen molar-refractivity contribution in [1.82, 2.24) is 15.2 Å². The highest BCUT2D eigenvalue weighted by atomic mass is 19.1. The van der Waals surface area contributed by atoms with Gasteiger partial charge in [-0.1, -0.05) is 19.3 Å². The smallest absolute Gasteiger partial charge is 0.317 e. The van der Waals surface area contributed by atoms with Crippen molar-refractivity contribution in [2.45, 2.75) is 44.6 Å². The average molecular weight is 345 g/mol. The third-order valence-corrected chi connectivity index (χ3v) is 4.74. The van der Waals surface area contributed by atoms with Crippen LogP contribution in [0.15, 0.2) is 34.9 Å². The lowest BCUT2D eigenvalue weighted by atomic mass is 9.95. The molecule has 0 saturated heterocycles. The minimum Gasteiger partial charge on any atom is -0.444 e. The summed E-state index contributed by atoms with van der Waals surface area (Å²) in [5.41, 5.74) is 1.49. The molecule has 1 aliphatic rings. The molecule has 0 radical (unpaired) electrons. The van der Waals surface area contributed by atoms with Gasteiger partial charge < -0.3 is 14.6 Å². The second-order valence-electron chi connectivity index (χ2n) is 6.54. The molecule has 1 fully saturated rings. The average Bonchev–Trinajstić information content (AvgIpc) is 3.11. The van der Waals surface area contributed by atoms with Crippen molar-refractivity contribution >= 4 is 6.03 Å². The second kappa shape index (κ2) is 8.14. The molecule has 1 aromatic heterocycles. The number of carbonyl (C=O) groups excluding carboxylic acids is 1. The number of aromatic nitrogens is 1. The number of hydrogen-bond donors (Lipinski definition) is 1. The molecule has 1 heterocycles. The highest BCUT2D eigenvalue weighted by Gasteiger charge is 2.21. The van der Waals surface area contributed by atoms with Gasteiger partial charge in [-0.25, -0.2) is 14.2 Å². The van der Waals surface area contributed by atoms with Crippen LogP contribution in [0.25, 0.3) is 11.5 Å². The Morgan fingerprint density at radius 1 is 1.28 bits per heavy atom. The Morgan fingerprint density at radius 3 is 2.72 bits per heavy atom. The molecule has 0 unspecified atom stereocenters. The van der Waals surface area contributed by atoms with Crippen LogP contribution in [-0.4, -0.2) is 35.5 Å². The molecule has 3 rings (SSSR count). The summed E-state index contributed by atoms with van der Waals surface area (Å²) in [5, 5.41) is 2.94. The maximum Gasteiger partial charge on any atom is 0.317 e. The fourth-order valence-corrected chi connectivity index (χ4v) is 3.20. The minimum atomic E-state index is -0.291. The summed E-state index contributed by atoms with van der Waals surface area (Å²) in [5.74, 6) is 0.168. The van der Waals surface area contributed by atoms with E-state index in [0.29, 0.717) is 24.9 Å². The van der Waals surface area contributed by atoms with Gasteiger partial charge in [0, 0.05) is 31.6 Å². The molecule has 134 valence electrons. The van der Waals surface area contributed by atoms with E-state index >= 15 is 0 Å². The first kappa shape index (κ1) is 17.5. The summed E-state index contributed by atoms with van der Waals surface area (Å²) in [6.07, 6.45) is 8.03. The maximum atomic E-state index is 13.0. The van der Waals surface area contributed by atoms with Crippen LogP contribution in [0.1, 0.15) is 37.8 Å². The standard InChI is InChI=1S/C19H24FN3O2/c1-23(17-5-3-2-4-6-17)19(24)21-12-11-16-13-25-18(22-16)14-7-9-15(20)10-8-14/h7-10,13,17H,2-6,11-12H2,1H3,(H,21,24). The predicted octanol–water partition coefficient (Wildman–Crippen LogP) is 4.00. The highest BCUT2D eigenvalue weighted by Crippen LogP contribution is 2.21. The molecule has 2 amide bonds. The first-order chi connectivity index (χ1) is 12.1. The number of amides is 2. The van der Waals surface area contributed by atoms with E-state index in [2.05, 4.69) is 10.3 Å². The van der Waals surface area contributed by atoms with E-state index in [1.165, 1.54) is 31.4 Å². The number of benzene rings is 1. The van der Waals surface area contributed by atoms with E-state index in [0.717, 1.165) is 24.1 Å². The van der Waals surface area contributed by atoms with E-state index in [9.17, 15) is 9.18 Å². The van der Waals surface area contributed by atoms with E-state index in [-0.39, 0.29) is 11.8 Å². The summed E-state index contributed by atoms with van der Waals surface area (Å²) in [7, 11) is 1.87. The summed E-state index contributed by atoms with van der Waals surface area (Å²) in [4.78, 5) is 18.4. The molecule has 1 saturated carbocycles. The summed E-state index contributed by atoms with van der Waals surface area (Å²) in [6, 6.07) is 6.33. The highest BCUT2D eigenvalue weighted by molar-refractivity contribution is 5.74. The zero-order valence-corrected chi connectivity index (χ0v) is 14.5. The molecule has 1 N–H and O–H groups in total. The van der Waals surface area contributed by atoms with E-state index < -0.39 is 0 Å². The number of carbonyl (C=O) groups is 1. The fraction of sp³-hybridized carbons (Fsp3) is 0.474. The first-order valence-electron chi connectivity index (χ1n) is 8.84. The van der Waals surface area contributed by atoms with Gasteiger partial charge in [0.15, 0.2) is 0 Å². The third kappa shape index (κ3) is 4.59. The topological polar surface area (TPSA) is 58.4 Å². The largest absolute Gasteiger partial charge is 0.444 e. The molecule has 25 heavy (non-hydrogen) atoms. The predicted molar refractivity (Wildman–Crippen MR) is 93.6 cm³/mol. The minimum absolute atomic E-state index is 0.0332. The van der Waals surface area contributed by atoms with E-state index in [1.807, 2.05) is 11.9 Å². The number of halogens is 1. The van der Waals surface area contributed by atoms with Gasteiger partial charge >= 0.3 is 6.03 Å². The lowest BCUT2D eigenvalue weighted by Crippen LogP contribution is -2.44. The van der Waals surface area contributed by atoms with Crippen LogP contribution in [0.3, 0.4) is 0 Å². The Labute approximate surface area is 147 Å². The molecular weight excluding hydrogens is 321 g/mol. The molecule has 1 aliphatic carbocycles. The number of nitrogens with one attached hydrogen (secondary N) is 1. The molecule has 0 atom stereocenters. The lowest BCUT2D eigenvalue weighted by Gasteiger charge is -2.31. The normalized spacial score (nSPS) is 15.1. The van der Waals surface area contributed by atoms with Gasteiger partial charge in [-0.2, -0.15) is 0 Å². The zero-order valence-electron chi connectivity index (χ0n) is 14.5. The number of oxazole rings is 1. The van der Waals surface area contributed by atoms with Crippen molar-refractivity contribution in [3.63, 3.8) is 0 Å². The van der Waals surface area contributed by atoms with Crippen LogP contribution in [0.5, 0.6) is 0 Å². The molecule has 6 heteroatoms. The number of rotatable bonds is 5. The number of nitrogens with zero attached hydrogens (tertiary/aromatic N) is 2. The van der Waals surface area contributed by atoms with Crippen LogP contribution >= 0.6 is 0 Å². The zero-order chi connectivity index (χ0) is 17.6. The van der Waals surface area contributed by atoms with E-state index in [1.54, 1.807) is 18.4 Å². The van der Waals surface area contributed by atoms with Crippen LogP contribution in [0, 0.1) is 5.82 Å². The molecule has 0 spiro atoms. The van der Waals surface area contributed by atoms with Crippen molar-refractivity contribution in [3.8, 4) is 11.5 Å². The van der Waals surface area contributed by atoms with Crippen molar-refractivity contribution in [2.24, 2.45) is 0 Å². The lowest BCUT2D eigenvalue weighted by molar-refractivity contribution is 0.174. The van der Waals surface area contributed by atoms with Gasteiger partial charge in [0.2, 0.25) is 5.89 Å². The summed E-state index contributed by atoms with van der Waals surface area (Å²) < 4.78 is 18.4. The Hall–Kier alpha value is -2.37. The van der Waals surface area contributed by atoms with Crippen molar-refractivity contribution < 1.29 is 13.6 Å². The second-order valence-corrected chi connectivity index (χ2v) is 6.54. The summed E-state index contributed by atoms with van der Waals surface area (Å²) >= 11 is 0. The molecule has 5 nitrogen and oxygen atoms in total. The Morgan fingerprint density at radius 2 is 2.00 bits per heavy atom. The van der Waals surface area contributed by atoms with Gasteiger partial charge in [0.05, 0.1) is 5.69 Å². The first-order valence-corrected chi connectivity index (χ1v) is 8.84. The molecular formula is C19H24FN3O2. The number of urea groups is 1. The van der Waals surface area contributed by atoms with Gasteiger partial charge in [-0.15, -0.1) is 0 Å². The molecule has 0 aliphatic heterocycles. The summed E-state index contributed by atoms with van der Waals surface area (Å²) in [6.45, 7) is 0.505. The van der Waals surface area contributed by atoms with Gasteiger partial charge in [-0.05, 0) is 37.1 Å². The molecule has 2 aromatic rings. The van der Waals surface area contributed by atoms with Crippen molar-refractivity contribution in [2.75, 3.05) is 13.6 Å². The van der Waals surface area contributed by atoms with Crippen molar-refractivity contribution in [1.29, 1.82) is 0 Å². The fourth-order valence-electron chi connectivity index (χ4n) is 3.20. The Balaban J connectivity index is 1.47. The van der Waals surface area contributed by atoms with Crippen LogP contribution in [0.2, 0.25) is 0 Å². The Kier molecular flexibility index (Phi) is 5.68. The monoisotopic (exact) mass is 345 g/mol.